The number of fused-ring (bicyclic) bond motifs is 3. The quantitative estimate of drug-likeness (QED) is 0.337. The molecule has 5 nitrogen and oxygen atoms in total. The molecule has 2 aromatic carbocycles. The molecule has 2 aliphatic heterocycles. The molecule has 2 heterocycles. The summed E-state index contributed by atoms with van der Waals surface area (Å²) in [6, 6.07) is 11.8. The maximum absolute atomic E-state index is 13.8. The number of benzene rings is 2. The Kier molecular flexibility index (Phi) is 7.32. The van der Waals surface area contributed by atoms with Crippen molar-refractivity contribution in [2.45, 2.75) is 59.8 Å². The predicted molar refractivity (Wildman–Crippen MR) is 158 cm³/mol. The van der Waals surface area contributed by atoms with E-state index in [1.807, 2.05) is 42.5 Å². The highest BCUT2D eigenvalue weighted by molar-refractivity contribution is 9.10. The molecule has 4 aliphatic rings. The summed E-state index contributed by atoms with van der Waals surface area (Å²) in [5, 5.41) is 7.57. The Morgan fingerprint density at radius 3 is 2.23 bits per heavy atom. The largest absolute Gasteiger partial charge is 0.461 e. The Labute approximate surface area is 246 Å². The highest BCUT2D eigenvalue weighted by Crippen LogP contribution is 2.58. The third kappa shape index (κ3) is 5.09. The van der Waals surface area contributed by atoms with Crippen molar-refractivity contribution in [1.29, 1.82) is 0 Å². The van der Waals surface area contributed by atoms with Crippen molar-refractivity contribution in [3.63, 3.8) is 0 Å². The van der Waals surface area contributed by atoms with Crippen molar-refractivity contribution < 1.29 is 24.2 Å². The van der Waals surface area contributed by atoms with Crippen LogP contribution in [0.25, 0.3) is 6.08 Å². The molecule has 0 saturated heterocycles. The molecular weight excluding hydrogens is 624 g/mol. The summed E-state index contributed by atoms with van der Waals surface area (Å²) < 4.78 is 14.8. The molecule has 204 valence electrons. The van der Waals surface area contributed by atoms with E-state index in [2.05, 4.69) is 59.6 Å². The van der Waals surface area contributed by atoms with Gasteiger partial charge in [0.05, 0.1) is 5.57 Å². The van der Waals surface area contributed by atoms with Crippen LogP contribution in [0.1, 0.15) is 70.9 Å². The number of aliphatic hydroxyl groups excluding tert-OH is 1. The predicted octanol–water partition coefficient (Wildman–Crippen LogP) is 8.06. The van der Waals surface area contributed by atoms with Gasteiger partial charge in [-0.25, -0.2) is 0 Å². The van der Waals surface area contributed by atoms with Crippen molar-refractivity contribution in [2.75, 3.05) is 6.61 Å². The number of ketones is 2. The Bertz CT molecular complexity index is 1490. The molecule has 6 rings (SSSR count). The number of Topliss-reactive ketones (excluding diaryl/α,β-unsaturated/α-hetero) is 2. The van der Waals surface area contributed by atoms with E-state index in [0.717, 1.165) is 37.2 Å². The molecule has 39 heavy (non-hydrogen) atoms. The average molecular weight is 656 g/mol. The van der Waals surface area contributed by atoms with Crippen LogP contribution < -0.4 is 9.47 Å². The van der Waals surface area contributed by atoms with Gasteiger partial charge in [-0.1, -0.05) is 59.6 Å². The summed E-state index contributed by atoms with van der Waals surface area (Å²) in [5.41, 5.74) is 3.32. The Hall–Kier alpha value is -2.48. The summed E-state index contributed by atoms with van der Waals surface area (Å²) in [6.45, 7) is 10.3. The third-order valence-corrected chi connectivity index (χ3v) is 8.56. The first-order valence-electron chi connectivity index (χ1n) is 13.2. The van der Waals surface area contributed by atoms with Crippen LogP contribution in [-0.2, 0) is 9.59 Å². The van der Waals surface area contributed by atoms with Crippen molar-refractivity contribution in [1.82, 2.24) is 0 Å². The molecule has 0 bridgehead atoms. The van der Waals surface area contributed by atoms with Crippen LogP contribution in [0, 0.1) is 10.8 Å². The fourth-order valence-electron chi connectivity index (χ4n) is 6.06. The number of ether oxygens (including phenoxy) is 2. The van der Waals surface area contributed by atoms with E-state index in [-0.39, 0.29) is 29.5 Å². The van der Waals surface area contributed by atoms with E-state index in [4.69, 9.17) is 14.6 Å². The summed E-state index contributed by atoms with van der Waals surface area (Å²) in [7, 11) is 0. The van der Waals surface area contributed by atoms with Crippen LogP contribution in [0.2, 0.25) is 0 Å². The van der Waals surface area contributed by atoms with E-state index in [9.17, 15) is 9.59 Å². The number of carbonyl (C=O) groups is 2. The minimum atomic E-state index is -0.524. The topological polar surface area (TPSA) is 72.8 Å². The van der Waals surface area contributed by atoms with E-state index in [0.29, 0.717) is 41.9 Å². The van der Waals surface area contributed by atoms with Crippen LogP contribution in [0.3, 0.4) is 0 Å². The number of rotatable bonds is 1. The molecule has 0 saturated carbocycles. The average Bonchev–Trinajstić information content (AvgIpc) is 2.82. The van der Waals surface area contributed by atoms with Crippen molar-refractivity contribution in [3.8, 4) is 11.5 Å². The first-order valence-corrected chi connectivity index (χ1v) is 14.8. The highest BCUT2D eigenvalue weighted by Gasteiger charge is 2.50. The lowest BCUT2D eigenvalue weighted by atomic mass is 9.61. The lowest BCUT2D eigenvalue weighted by molar-refractivity contribution is -0.118. The summed E-state index contributed by atoms with van der Waals surface area (Å²) in [5.74, 6) is 2.56. The highest BCUT2D eigenvalue weighted by atomic mass is 79.9. The fraction of sp³-hybridized carbons (Fsp3) is 0.375. The monoisotopic (exact) mass is 654 g/mol. The van der Waals surface area contributed by atoms with E-state index < -0.39 is 5.41 Å². The molecule has 0 amide bonds. The number of aliphatic hydroxyl groups is 1. The van der Waals surface area contributed by atoms with Gasteiger partial charge in [0.25, 0.3) is 0 Å². The normalized spacial score (nSPS) is 22.3. The molecule has 0 unspecified atom stereocenters. The zero-order valence-electron chi connectivity index (χ0n) is 22.8. The molecule has 2 aliphatic carbocycles. The smallest absolute Gasteiger partial charge is 0.167 e. The maximum Gasteiger partial charge on any atom is 0.167 e. The molecule has 1 N–H and O–H groups in total. The van der Waals surface area contributed by atoms with Gasteiger partial charge < -0.3 is 14.6 Å². The lowest BCUT2D eigenvalue weighted by Crippen LogP contribution is -2.39. The molecule has 7 heteroatoms. The Morgan fingerprint density at radius 2 is 1.54 bits per heavy atom. The van der Waals surface area contributed by atoms with Gasteiger partial charge in [0.2, 0.25) is 0 Å². The molecule has 0 spiro atoms. The minimum Gasteiger partial charge on any atom is -0.461 e. The van der Waals surface area contributed by atoms with Crippen LogP contribution >= 0.6 is 31.9 Å². The zero-order valence-corrected chi connectivity index (χ0v) is 26.0. The number of hydrogen-bond acceptors (Lipinski definition) is 5. The molecular formula is C32H32Br2O5. The number of halogens is 2. The summed E-state index contributed by atoms with van der Waals surface area (Å²) in [4.78, 5) is 27.2. The lowest BCUT2D eigenvalue weighted by Gasteiger charge is -2.44. The van der Waals surface area contributed by atoms with Crippen LogP contribution in [0.5, 0.6) is 11.5 Å². The van der Waals surface area contributed by atoms with Gasteiger partial charge in [-0.3, -0.25) is 9.59 Å². The molecule has 2 aromatic rings. The fourth-order valence-corrected chi connectivity index (χ4v) is 6.81. The second kappa shape index (κ2) is 10.2. The molecule has 0 fully saturated rings. The second-order valence-corrected chi connectivity index (χ2v) is 13.7. The van der Waals surface area contributed by atoms with Gasteiger partial charge in [0.15, 0.2) is 11.6 Å². The van der Waals surface area contributed by atoms with E-state index in [1.165, 1.54) is 0 Å². The standard InChI is InChI=1S/C30H26Br2O4.C2H6O/c1-29(2)12-21(34)26-24(14-29)35-23-8-6-17(32)11-19(23)25(26)27-28-18(20(33)13-30(27,3)4)10-15-9-16(31)5-7-22(15)36-28;1-2-3/h5-11,25H,12-14H2,1-4H3;3H,2H2,1H3/t25-;/m0./s1. The number of hydrogen-bond donors (Lipinski definition) is 1. The minimum absolute atomic E-state index is 0.0520. The second-order valence-electron chi connectivity index (χ2n) is 11.9. The van der Waals surface area contributed by atoms with Gasteiger partial charge in [-0.05, 0) is 65.8 Å². The van der Waals surface area contributed by atoms with E-state index >= 15 is 0 Å². The van der Waals surface area contributed by atoms with Crippen molar-refractivity contribution in [2.24, 2.45) is 10.8 Å². The van der Waals surface area contributed by atoms with Crippen LogP contribution in [0.4, 0.5) is 0 Å². The maximum atomic E-state index is 13.8. The van der Waals surface area contributed by atoms with Gasteiger partial charge in [-0.2, -0.15) is 0 Å². The third-order valence-electron chi connectivity index (χ3n) is 7.58. The van der Waals surface area contributed by atoms with E-state index in [1.54, 1.807) is 6.92 Å². The first-order chi connectivity index (χ1) is 18.3. The SMILES string of the molecule is CC1(C)CC(=O)C2=C(C1)Oc1ccc(Br)cc1[C@@H]2C1=C2Oc3ccc(Br)cc3C=C2C(=O)CC1(C)C.CCO. The Morgan fingerprint density at radius 1 is 0.897 bits per heavy atom. The van der Waals surface area contributed by atoms with Crippen molar-refractivity contribution in [3.05, 3.63) is 84.7 Å². The number of allylic oxidation sites excluding steroid dienone is 4. The van der Waals surface area contributed by atoms with Gasteiger partial charge in [0.1, 0.15) is 23.0 Å². The first kappa shape index (κ1) is 28.1. The van der Waals surface area contributed by atoms with Gasteiger partial charge >= 0.3 is 0 Å². The number of carbonyl (C=O) groups excluding carboxylic acids is 2. The summed E-state index contributed by atoms with van der Waals surface area (Å²) in [6.07, 6.45) is 3.41. The molecule has 0 radical (unpaired) electrons. The zero-order chi connectivity index (χ0) is 28.3. The van der Waals surface area contributed by atoms with Gasteiger partial charge in [-0.15, -0.1) is 0 Å². The van der Waals surface area contributed by atoms with Crippen molar-refractivity contribution >= 4 is 49.5 Å². The molecule has 1 atom stereocenters. The van der Waals surface area contributed by atoms with Crippen LogP contribution in [-0.4, -0.2) is 23.3 Å². The van der Waals surface area contributed by atoms with Crippen LogP contribution in [0.15, 0.2) is 73.6 Å². The molecule has 0 aromatic heterocycles. The Balaban J connectivity index is 0.000000983. The summed E-state index contributed by atoms with van der Waals surface area (Å²) >= 11 is 7.15. The van der Waals surface area contributed by atoms with Gasteiger partial charge in [0, 0.05) is 57.4 Å².